The van der Waals surface area contributed by atoms with Crippen molar-refractivity contribution in [1.29, 1.82) is 0 Å². The molecule has 4 rings (SSSR count). The van der Waals surface area contributed by atoms with E-state index in [1.807, 2.05) is 6.92 Å². The molecule has 1 aliphatic carbocycles. The number of hydrogen-bond donors (Lipinski definition) is 0. The highest BCUT2D eigenvalue weighted by molar-refractivity contribution is 7.89. The molecule has 26 heavy (non-hydrogen) atoms. The molecule has 0 spiro atoms. The number of rotatable bonds is 5. The summed E-state index contributed by atoms with van der Waals surface area (Å²) < 4.78 is 34.9. The number of aryl methyl sites for hydroxylation is 2. The van der Waals surface area contributed by atoms with E-state index in [0.717, 1.165) is 24.8 Å². The van der Waals surface area contributed by atoms with Crippen molar-refractivity contribution in [3.05, 3.63) is 30.4 Å². The zero-order valence-corrected chi connectivity index (χ0v) is 15.8. The molecule has 1 saturated heterocycles. The number of ether oxygens (including phenoxy) is 1. The highest BCUT2D eigenvalue weighted by Crippen LogP contribution is 2.49. The van der Waals surface area contributed by atoms with Crippen LogP contribution in [0.25, 0.3) is 0 Å². The van der Waals surface area contributed by atoms with Crippen molar-refractivity contribution in [2.75, 3.05) is 19.7 Å². The molecule has 2 fully saturated rings. The van der Waals surface area contributed by atoms with Crippen LogP contribution in [0.5, 0.6) is 6.01 Å². The predicted molar refractivity (Wildman–Crippen MR) is 94.0 cm³/mol. The number of hydrogen-bond acceptors (Lipinski definition) is 6. The van der Waals surface area contributed by atoms with Gasteiger partial charge in [0.15, 0.2) is 0 Å². The predicted octanol–water partition coefficient (Wildman–Crippen LogP) is 1.39. The van der Waals surface area contributed by atoms with Crippen molar-refractivity contribution in [3.63, 3.8) is 0 Å². The smallest absolute Gasteiger partial charge is 0.316 e. The summed E-state index contributed by atoms with van der Waals surface area (Å²) in [6, 6.07) is 0.348. The minimum Gasteiger partial charge on any atom is -0.463 e. The van der Waals surface area contributed by atoms with Crippen LogP contribution in [0.4, 0.5) is 0 Å². The van der Waals surface area contributed by atoms with Gasteiger partial charge in [-0.1, -0.05) is 6.42 Å². The second-order valence-corrected chi connectivity index (χ2v) is 9.23. The molecule has 2 unspecified atom stereocenters. The Balaban J connectivity index is 1.53. The van der Waals surface area contributed by atoms with E-state index in [9.17, 15) is 8.42 Å². The van der Waals surface area contributed by atoms with Crippen LogP contribution in [-0.2, 0) is 17.1 Å². The summed E-state index contributed by atoms with van der Waals surface area (Å²) in [5.74, 6) is 0.294. The van der Waals surface area contributed by atoms with E-state index in [4.69, 9.17) is 4.74 Å². The summed E-state index contributed by atoms with van der Waals surface area (Å²) in [6.45, 7) is 3.34. The standard InChI is InChI=1S/C17H23N5O3S/c1-13-8-19-15(20-9-13)25-12-17-5-3-4-14(17)10-22(11-17)26(23,24)16-18-6-7-21(16)2/h6-9,14H,3-5,10-12H2,1-2H3. The van der Waals surface area contributed by atoms with E-state index in [1.165, 1.54) is 6.20 Å². The Morgan fingerprint density at radius 3 is 2.77 bits per heavy atom. The van der Waals surface area contributed by atoms with Gasteiger partial charge in [-0.05, 0) is 31.2 Å². The van der Waals surface area contributed by atoms with Gasteiger partial charge < -0.3 is 9.30 Å². The molecule has 8 nitrogen and oxygen atoms in total. The molecule has 0 bridgehead atoms. The van der Waals surface area contributed by atoms with Crippen molar-refractivity contribution in [2.45, 2.75) is 31.3 Å². The fourth-order valence-electron chi connectivity index (χ4n) is 4.16. The summed E-state index contributed by atoms with van der Waals surface area (Å²) in [7, 11) is -1.90. The maximum atomic E-state index is 13.0. The first-order chi connectivity index (χ1) is 12.4. The maximum Gasteiger partial charge on any atom is 0.316 e. The van der Waals surface area contributed by atoms with Crippen LogP contribution in [0.3, 0.4) is 0 Å². The monoisotopic (exact) mass is 377 g/mol. The average molecular weight is 377 g/mol. The van der Waals surface area contributed by atoms with Crippen LogP contribution in [0.1, 0.15) is 24.8 Å². The van der Waals surface area contributed by atoms with Crippen LogP contribution in [0.2, 0.25) is 0 Å². The lowest BCUT2D eigenvalue weighted by molar-refractivity contribution is 0.126. The number of fused-ring (bicyclic) bond motifs is 1. The molecule has 0 amide bonds. The van der Waals surface area contributed by atoms with Gasteiger partial charge >= 0.3 is 6.01 Å². The SMILES string of the molecule is Cc1cnc(OCC23CCCC2CN(S(=O)(=O)c2nccn2C)C3)nc1. The first kappa shape index (κ1) is 17.4. The third-order valence-electron chi connectivity index (χ3n) is 5.60. The van der Waals surface area contributed by atoms with Crippen molar-refractivity contribution >= 4 is 10.0 Å². The van der Waals surface area contributed by atoms with E-state index in [0.29, 0.717) is 31.6 Å². The van der Waals surface area contributed by atoms with E-state index in [1.54, 1.807) is 34.5 Å². The molecule has 9 heteroatoms. The quantitative estimate of drug-likeness (QED) is 0.782. The lowest BCUT2D eigenvalue weighted by Gasteiger charge is -2.28. The molecule has 3 heterocycles. The third kappa shape index (κ3) is 2.88. The minimum absolute atomic E-state index is 0.0930. The largest absolute Gasteiger partial charge is 0.463 e. The third-order valence-corrected chi connectivity index (χ3v) is 7.41. The van der Waals surface area contributed by atoms with Gasteiger partial charge in [0.2, 0.25) is 5.16 Å². The number of nitrogens with zero attached hydrogens (tertiary/aromatic N) is 5. The van der Waals surface area contributed by atoms with Crippen molar-refractivity contribution < 1.29 is 13.2 Å². The highest BCUT2D eigenvalue weighted by atomic mass is 32.2. The summed E-state index contributed by atoms with van der Waals surface area (Å²) in [6.07, 6.45) is 9.67. The van der Waals surface area contributed by atoms with Gasteiger partial charge in [0.25, 0.3) is 10.0 Å². The molecule has 1 saturated carbocycles. The topological polar surface area (TPSA) is 90.2 Å². The molecule has 0 N–H and O–H groups in total. The Bertz CT molecular complexity index is 895. The number of imidazole rings is 1. The molecule has 2 atom stereocenters. The Hall–Kier alpha value is -2.00. The molecule has 2 aliphatic rings. The van der Waals surface area contributed by atoms with Gasteiger partial charge in [0, 0.05) is 50.3 Å². The molecule has 2 aromatic rings. The van der Waals surface area contributed by atoms with Crippen molar-refractivity contribution in [3.8, 4) is 6.01 Å². The van der Waals surface area contributed by atoms with E-state index in [-0.39, 0.29) is 10.6 Å². The van der Waals surface area contributed by atoms with Gasteiger partial charge in [0.1, 0.15) is 0 Å². The van der Waals surface area contributed by atoms with Crippen LogP contribution in [-0.4, -0.2) is 51.9 Å². The zero-order chi connectivity index (χ0) is 18.4. The maximum absolute atomic E-state index is 13.0. The van der Waals surface area contributed by atoms with Gasteiger partial charge in [-0.25, -0.2) is 23.4 Å². The van der Waals surface area contributed by atoms with E-state index < -0.39 is 10.0 Å². The summed E-state index contributed by atoms with van der Waals surface area (Å²) in [5, 5.41) is 0.0930. The van der Waals surface area contributed by atoms with E-state index in [2.05, 4.69) is 15.0 Å². The number of sulfonamides is 1. The number of aromatic nitrogens is 4. The fraction of sp³-hybridized carbons (Fsp3) is 0.588. The Kier molecular flexibility index (Phi) is 4.23. The van der Waals surface area contributed by atoms with Gasteiger partial charge in [-0.15, -0.1) is 0 Å². The minimum atomic E-state index is -3.60. The molecule has 140 valence electrons. The van der Waals surface area contributed by atoms with Crippen molar-refractivity contribution in [1.82, 2.24) is 23.8 Å². The van der Waals surface area contributed by atoms with Crippen LogP contribution in [0, 0.1) is 18.3 Å². The first-order valence-corrected chi connectivity index (χ1v) is 10.2. The van der Waals surface area contributed by atoms with Crippen LogP contribution >= 0.6 is 0 Å². The summed E-state index contributed by atoms with van der Waals surface area (Å²) in [5.41, 5.74) is 0.800. The Labute approximate surface area is 153 Å². The first-order valence-electron chi connectivity index (χ1n) is 8.80. The second kappa shape index (κ2) is 6.31. The van der Waals surface area contributed by atoms with Crippen LogP contribution < -0.4 is 4.74 Å². The molecule has 1 aliphatic heterocycles. The van der Waals surface area contributed by atoms with Crippen molar-refractivity contribution in [2.24, 2.45) is 18.4 Å². The molecular formula is C17H23N5O3S. The average Bonchev–Trinajstić information content (AvgIpc) is 3.28. The Morgan fingerprint density at radius 2 is 2.08 bits per heavy atom. The molecular weight excluding hydrogens is 354 g/mol. The lowest BCUT2D eigenvalue weighted by Crippen LogP contribution is -2.36. The second-order valence-electron chi connectivity index (χ2n) is 7.40. The van der Waals surface area contributed by atoms with Gasteiger partial charge in [-0.2, -0.15) is 4.31 Å². The normalized spacial score (nSPS) is 26.2. The van der Waals surface area contributed by atoms with Gasteiger partial charge in [0.05, 0.1) is 6.61 Å². The molecule has 0 radical (unpaired) electrons. The van der Waals surface area contributed by atoms with Crippen LogP contribution in [0.15, 0.2) is 29.9 Å². The fourth-order valence-corrected chi connectivity index (χ4v) is 5.82. The lowest BCUT2D eigenvalue weighted by atomic mass is 9.82. The summed E-state index contributed by atoms with van der Waals surface area (Å²) in [4.78, 5) is 12.4. The zero-order valence-electron chi connectivity index (χ0n) is 15.0. The highest BCUT2D eigenvalue weighted by Gasteiger charge is 2.53. The Morgan fingerprint density at radius 1 is 1.31 bits per heavy atom. The van der Waals surface area contributed by atoms with E-state index >= 15 is 0 Å². The molecule has 0 aromatic carbocycles. The molecule has 2 aromatic heterocycles. The summed E-state index contributed by atoms with van der Waals surface area (Å²) >= 11 is 0. The van der Waals surface area contributed by atoms with Gasteiger partial charge in [-0.3, -0.25) is 0 Å².